The van der Waals surface area contributed by atoms with Crippen LogP contribution < -0.4 is 14.4 Å². The Morgan fingerprint density at radius 2 is 1.47 bits per heavy atom. The number of anilines is 1. The molecule has 6 heteroatoms. The van der Waals surface area contributed by atoms with Crippen molar-refractivity contribution in [1.82, 2.24) is 0 Å². The topological polar surface area (TPSA) is 65.1 Å². The van der Waals surface area contributed by atoms with Gasteiger partial charge in [0.05, 0.1) is 26.2 Å². The van der Waals surface area contributed by atoms with Crippen molar-refractivity contribution in [1.29, 1.82) is 0 Å². The third kappa shape index (κ3) is 4.91. The monoisotopic (exact) mass is 459 g/mol. The van der Waals surface area contributed by atoms with E-state index < -0.39 is 6.10 Å². The average molecular weight is 460 g/mol. The lowest BCUT2D eigenvalue weighted by Crippen LogP contribution is -2.55. The van der Waals surface area contributed by atoms with E-state index in [0.29, 0.717) is 12.8 Å². The molecule has 0 saturated carbocycles. The molecule has 3 aromatic rings. The highest BCUT2D eigenvalue weighted by atomic mass is 16.5. The Kier molecular flexibility index (Phi) is 7.16. The molecule has 3 aromatic carbocycles. The molecule has 0 aliphatic carbocycles. The van der Waals surface area contributed by atoms with Gasteiger partial charge in [0.15, 0.2) is 0 Å². The lowest BCUT2D eigenvalue weighted by atomic mass is 9.78. The number of β-lactam (4-membered cyclic amide) rings is 1. The van der Waals surface area contributed by atoms with Crippen LogP contribution in [0.1, 0.15) is 43.0 Å². The number of esters is 1. The van der Waals surface area contributed by atoms with E-state index in [-0.39, 0.29) is 23.8 Å². The maximum Gasteiger partial charge on any atom is 0.303 e. The van der Waals surface area contributed by atoms with Gasteiger partial charge in [-0.15, -0.1) is 0 Å². The summed E-state index contributed by atoms with van der Waals surface area (Å²) >= 11 is 0. The number of ether oxygens (including phenoxy) is 3. The number of rotatable bonds is 9. The minimum atomic E-state index is -0.391. The van der Waals surface area contributed by atoms with Crippen molar-refractivity contribution >= 4 is 17.6 Å². The van der Waals surface area contributed by atoms with Crippen LogP contribution in [0.2, 0.25) is 0 Å². The molecule has 1 aliphatic rings. The van der Waals surface area contributed by atoms with Gasteiger partial charge in [0.1, 0.15) is 17.6 Å². The van der Waals surface area contributed by atoms with E-state index in [1.54, 1.807) is 14.2 Å². The van der Waals surface area contributed by atoms with Crippen LogP contribution >= 0.6 is 0 Å². The molecular formula is C28H29NO5. The van der Waals surface area contributed by atoms with Crippen molar-refractivity contribution in [3.05, 3.63) is 90.0 Å². The standard InChI is InChI=1S/C28H29NO5/c1-19(30)34-26(20-7-5-4-6-8-20)18-17-25-27(21-9-13-23(32-2)14-10-21)29(28(25)31)22-11-15-24(33-3)16-12-22/h4-16,25-27H,17-18H2,1-3H3/t25?,26-,27?/m1/s1. The zero-order valence-corrected chi connectivity index (χ0v) is 19.6. The van der Waals surface area contributed by atoms with Crippen LogP contribution in [0, 0.1) is 5.92 Å². The van der Waals surface area contributed by atoms with E-state index >= 15 is 0 Å². The van der Waals surface area contributed by atoms with Gasteiger partial charge in [0.2, 0.25) is 5.91 Å². The molecule has 4 rings (SSSR count). The smallest absolute Gasteiger partial charge is 0.303 e. The van der Waals surface area contributed by atoms with Crippen molar-refractivity contribution < 1.29 is 23.8 Å². The molecule has 1 fully saturated rings. The number of benzene rings is 3. The fraction of sp³-hybridized carbons (Fsp3) is 0.286. The molecule has 0 radical (unpaired) electrons. The Hall–Kier alpha value is -3.80. The molecule has 0 N–H and O–H groups in total. The SMILES string of the molecule is COc1ccc(C2C(CC[C@@H](OC(C)=O)c3ccccc3)C(=O)N2c2ccc(OC)cc2)cc1. The van der Waals surface area contributed by atoms with Crippen LogP contribution in [0.15, 0.2) is 78.9 Å². The molecular weight excluding hydrogens is 430 g/mol. The van der Waals surface area contributed by atoms with Crippen molar-refractivity contribution in [3.63, 3.8) is 0 Å². The van der Waals surface area contributed by atoms with E-state index in [9.17, 15) is 9.59 Å². The Balaban J connectivity index is 1.59. The van der Waals surface area contributed by atoms with Crippen LogP contribution in [0.25, 0.3) is 0 Å². The van der Waals surface area contributed by atoms with Crippen molar-refractivity contribution in [2.75, 3.05) is 19.1 Å². The number of carbonyl (C=O) groups excluding carboxylic acids is 2. The maximum absolute atomic E-state index is 13.4. The summed E-state index contributed by atoms with van der Waals surface area (Å²) < 4.78 is 16.2. The number of methoxy groups -OCH3 is 2. The third-order valence-corrected chi connectivity index (χ3v) is 6.24. The van der Waals surface area contributed by atoms with Crippen LogP contribution in [-0.4, -0.2) is 26.1 Å². The molecule has 34 heavy (non-hydrogen) atoms. The van der Waals surface area contributed by atoms with Gasteiger partial charge in [-0.1, -0.05) is 42.5 Å². The Bertz CT molecular complexity index is 1110. The lowest BCUT2D eigenvalue weighted by molar-refractivity contribution is -0.147. The second-order valence-electron chi connectivity index (χ2n) is 8.32. The zero-order chi connectivity index (χ0) is 24.1. The van der Waals surface area contributed by atoms with Crippen LogP contribution in [0.5, 0.6) is 11.5 Å². The Morgan fingerprint density at radius 1 is 0.882 bits per heavy atom. The van der Waals surface area contributed by atoms with E-state index in [1.165, 1.54) is 6.92 Å². The molecule has 0 bridgehead atoms. The number of hydrogen-bond donors (Lipinski definition) is 0. The number of carbonyl (C=O) groups is 2. The molecule has 2 unspecified atom stereocenters. The highest BCUT2D eigenvalue weighted by Gasteiger charge is 2.48. The third-order valence-electron chi connectivity index (χ3n) is 6.24. The van der Waals surface area contributed by atoms with Gasteiger partial charge < -0.3 is 19.1 Å². The predicted octanol–water partition coefficient (Wildman–Crippen LogP) is 5.49. The van der Waals surface area contributed by atoms with Gasteiger partial charge in [-0.3, -0.25) is 9.59 Å². The molecule has 0 aromatic heterocycles. The zero-order valence-electron chi connectivity index (χ0n) is 19.6. The average Bonchev–Trinajstić information content (AvgIpc) is 2.87. The lowest BCUT2D eigenvalue weighted by Gasteiger charge is -2.48. The van der Waals surface area contributed by atoms with Crippen molar-refractivity contribution in [2.24, 2.45) is 5.92 Å². The second-order valence-corrected chi connectivity index (χ2v) is 8.32. The Labute approximate surface area is 200 Å². The summed E-state index contributed by atoms with van der Waals surface area (Å²) in [5.41, 5.74) is 2.78. The van der Waals surface area contributed by atoms with Crippen LogP contribution in [0.3, 0.4) is 0 Å². The maximum atomic E-state index is 13.4. The summed E-state index contributed by atoms with van der Waals surface area (Å²) in [6, 6.07) is 24.9. The molecule has 1 amide bonds. The van der Waals surface area contributed by atoms with Crippen LogP contribution in [0.4, 0.5) is 5.69 Å². The number of nitrogens with zero attached hydrogens (tertiary/aromatic N) is 1. The molecule has 1 heterocycles. The van der Waals surface area contributed by atoms with Gasteiger partial charge in [0, 0.05) is 12.6 Å². The summed E-state index contributed by atoms with van der Waals surface area (Å²) in [4.78, 5) is 26.9. The fourth-order valence-electron chi connectivity index (χ4n) is 4.54. The first-order valence-corrected chi connectivity index (χ1v) is 11.3. The van der Waals surface area contributed by atoms with E-state index in [1.807, 2.05) is 83.8 Å². The first-order valence-electron chi connectivity index (χ1n) is 11.3. The summed E-state index contributed by atoms with van der Waals surface area (Å²) in [6.07, 6.45) is 0.760. The van der Waals surface area contributed by atoms with Gasteiger partial charge in [-0.05, 0) is 60.4 Å². The summed E-state index contributed by atoms with van der Waals surface area (Å²) in [5.74, 6) is 1.00. The first kappa shape index (κ1) is 23.4. The summed E-state index contributed by atoms with van der Waals surface area (Å²) in [5, 5.41) is 0. The Morgan fingerprint density at radius 3 is 2.03 bits per heavy atom. The number of hydrogen-bond acceptors (Lipinski definition) is 5. The van der Waals surface area contributed by atoms with Gasteiger partial charge in [-0.2, -0.15) is 0 Å². The minimum Gasteiger partial charge on any atom is -0.497 e. The van der Waals surface area contributed by atoms with Crippen LogP contribution in [-0.2, 0) is 14.3 Å². The van der Waals surface area contributed by atoms with E-state index in [0.717, 1.165) is 28.3 Å². The largest absolute Gasteiger partial charge is 0.497 e. The van der Waals surface area contributed by atoms with Gasteiger partial charge in [-0.25, -0.2) is 0 Å². The molecule has 176 valence electrons. The van der Waals surface area contributed by atoms with Crippen molar-refractivity contribution in [2.45, 2.75) is 31.9 Å². The highest BCUT2D eigenvalue weighted by molar-refractivity contribution is 6.03. The minimum absolute atomic E-state index is 0.0561. The van der Waals surface area contributed by atoms with E-state index in [2.05, 4.69) is 0 Å². The summed E-state index contributed by atoms with van der Waals surface area (Å²) in [7, 11) is 3.25. The predicted molar refractivity (Wildman–Crippen MR) is 130 cm³/mol. The van der Waals surface area contributed by atoms with Gasteiger partial charge >= 0.3 is 5.97 Å². The second kappa shape index (κ2) is 10.4. The fourth-order valence-corrected chi connectivity index (χ4v) is 4.54. The first-order chi connectivity index (χ1) is 16.5. The molecule has 1 aliphatic heterocycles. The highest BCUT2D eigenvalue weighted by Crippen LogP contribution is 2.47. The molecule has 0 spiro atoms. The molecule has 6 nitrogen and oxygen atoms in total. The normalized spacial score (nSPS) is 18.1. The quantitative estimate of drug-likeness (QED) is 0.313. The van der Waals surface area contributed by atoms with Crippen molar-refractivity contribution in [3.8, 4) is 11.5 Å². The van der Waals surface area contributed by atoms with E-state index in [4.69, 9.17) is 14.2 Å². The number of amides is 1. The molecule has 1 saturated heterocycles. The molecule has 3 atom stereocenters. The summed E-state index contributed by atoms with van der Waals surface area (Å²) in [6.45, 7) is 1.41. The van der Waals surface area contributed by atoms with Gasteiger partial charge in [0.25, 0.3) is 0 Å².